The molecule has 0 amide bonds. The molecule has 8 heteroatoms. The number of rotatable bonds is 3. The van der Waals surface area contributed by atoms with E-state index in [0.717, 1.165) is 6.07 Å². The van der Waals surface area contributed by atoms with E-state index >= 15 is 0 Å². The van der Waals surface area contributed by atoms with Crippen molar-refractivity contribution in [3.8, 4) is 5.75 Å². The minimum atomic E-state index is -4.71. The normalized spacial score (nSPS) is 21.3. The van der Waals surface area contributed by atoms with Gasteiger partial charge in [-0.05, 0) is 48.6 Å². The van der Waals surface area contributed by atoms with Crippen molar-refractivity contribution in [2.24, 2.45) is 5.92 Å². The Morgan fingerprint density at radius 1 is 0.926 bits per heavy atom. The number of hydrogen-bond acceptors (Lipinski definition) is 2. The monoisotopic (exact) mass is 390 g/mol. The Kier molecular flexibility index (Phi) is 5.10. The summed E-state index contributed by atoms with van der Waals surface area (Å²) in [6.45, 7) is 0. The Morgan fingerprint density at radius 3 is 2.15 bits per heavy atom. The summed E-state index contributed by atoms with van der Waals surface area (Å²) in [5.41, 5.74) is -0.731. The number of carbonyl (C=O) groups is 1. The van der Waals surface area contributed by atoms with E-state index in [-0.39, 0.29) is 42.0 Å². The first kappa shape index (κ1) is 19.5. The predicted octanol–water partition coefficient (Wildman–Crippen LogP) is 6.17. The number of aldehydes is 1. The van der Waals surface area contributed by atoms with Crippen LogP contribution in [0, 0.1) is 5.92 Å². The first-order valence-electron chi connectivity index (χ1n) is 8.42. The predicted molar refractivity (Wildman–Crippen MR) is 86.8 cm³/mol. The lowest BCUT2D eigenvalue weighted by Crippen LogP contribution is -2.32. The third-order valence-corrected chi connectivity index (χ3v) is 4.86. The number of alkyl halides is 6. The summed E-state index contributed by atoms with van der Waals surface area (Å²) >= 11 is 0. The Balaban J connectivity index is 1.90. The van der Waals surface area contributed by atoms with E-state index in [1.807, 2.05) is 0 Å². The minimum Gasteiger partial charge on any atom is -0.490 e. The zero-order valence-corrected chi connectivity index (χ0v) is 14.0. The summed E-state index contributed by atoms with van der Waals surface area (Å²) in [5.74, 6) is -1.83. The molecule has 1 saturated carbocycles. The molecule has 0 unspecified atom stereocenters. The molecule has 1 aliphatic carbocycles. The minimum absolute atomic E-state index is 0.0452. The van der Waals surface area contributed by atoms with Crippen molar-refractivity contribution in [2.75, 3.05) is 0 Å². The standard InChI is InChI=1S/C19H16F6O2/c20-18(21,22)13-3-5-14(6-4-13)27-16-8-2-12-9-11(10-26)1-7-15(12)17(16)19(23,24)25/h1-2,7-10,13-14H,3-6H2/t13-,14-. The van der Waals surface area contributed by atoms with Gasteiger partial charge < -0.3 is 4.74 Å². The molecule has 0 saturated heterocycles. The van der Waals surface area contributed by atoms with Crippen LogP contribution in [0.2, 0.25) is 0 Å². The molecule has 2 aromatic rings. The van der Waals surface area contributed by atoms with Crippen molar-refractivity contribution < 1.29 is 35.9 Å². The van der Waals surface area contributed by atoms with Crippen LogP contribution < -0.4 is 4.74 Å². The quantitative estimate of drug-likeness (QED) is 0.463. The zero-order chi connectivity index (χ0) is 19.8. The van der Waals surface area contributed by atoms with E-state index in [4.69, 9.17) is 4.74 Å². The Bertz CT molecular complexity index is 832. The van der Waals surface area contributed by atoms with E-state index in [1.54, 1.807) is 0 Å². The van der Waals surface area contributed by atoms with Crippen LogP contribution in [0.4, 0.5) is 26.3 Å². The smallest absolute Gasteiger partial charge is 0.420 e. The average molecular weight is 390 g/mol. The van der Waals surface area contributed by atoms with Gasteiger partial charge >= 0.3 is 12.4 Å². The molecule has 2 aromatic carbocycles. The van der Waals surface area contributed by atoms with Crippen molar-refractivity contribution in [3.05, 3.63) is 41.5 Å². The van der Waals surface area contributed by atoms with Crippen molar-refractivity contribution in [2.45, 2.75) is 44.1 Å². The molecule has 146 valence electrons. The van der Waals surface area contributed by atoms with Crippen LogP contribution in [0.5, 0.6) is 5.75 Å². The first-order valence-corrected chi connectivity index (χ1v) is 8.42. The average Bonchev–Trinajstić information content (AvgIpc) is 2.59. The summed E-state index contributed by atoms with van der Waals surface area (Å²) in [5, 5.41) is 0.120. The number of halogens is 6. The SMILES string of the molecule is O=Cc1ccc2c(C(F)(F)F)c(O[C@H]3CC[C@H](C(F)(F)F)CC3)ccc2c1. The highest BCUT2D eigenvalue weighted by Gasteiger charge is 2.42. The van der Waals surface area contributed by atoms with Crippen molar-refractivity contribution in [1.29, 1.82) is 0 Å². The Labute approximate surface area is 151 Å². The Hall–Kier alpha value is -2.25. The third kappa shape index (κ3) is 4.20. The summed E-state index contributed by atoms with van der Waals surface area (Å²) in [6, 6.07) is 6.40. The van der Waals surface area contributed by atoms with Gasteiger partial charge in [0.25, 0.3) is 0 Å². The summed E-state index contributed by atoms with van der Waals surface area (Å²) in [7, 11) is 0. The maximum absolute atomic E-state index is 13.6. The largest absolute Gasteiger partial charge is 0.490 e. The number of carbonyl (C=O) groups excluding carboxylic acids is 1. The molecule has 0 N–H and O–H groups in total. The first-order chi connectivity index (χ1) is 12.6. The second-order valence-electron chi connectivity index (χ2n) is 6.67. The molecule has 0 atom stereocenters. The molecule has 0 heterocycles. The highest BCUT2D eigenvalue weighted by molar-refractivity contribution is 5.92. The molecule has 0 spiro atoms. The van der Waals surface area contributed by atoms with Crippen molar-refractivity contribution in [3.63, 3.8) is 0 Å². The van der Waals surface area contributed by atoms with Crippen LogP contribution in [0.15, 0.2) is 30.3 Å². The van der Waals surface area contributed by atoms with Crippen LogP contribution in [-0.2, 0) is 6.18 Å². The van der Waals surface area contributed by atoms with Gasteiger partial charge in [0.1, 0.15) is 17.6 Å². The van der Waals surface area contributed by atoms with Gasteiger partial charge in [-0.15, -0.1) is 0 Å². The molecule has 3 rings (SSSR count). The molecule has 0 aliphatic heterocycles. The van der Waals surface area contributed by atoms with Gasteiger partial charge in [0.15, 0.2) is 0 Å². The van der Waals surface area contributed by atoms with Gasteiger partial charge in [0.2, 0.25) is 0 Å². The van der Waals surface area contributed by atoms with Crippen molar-refractivity contribution in [1.82, 2.24) is 0 Å². The molecular weight excluding hydrogens is 374 g/mol. The van der Waals surface area contributed by atoms with E-state index < -0.39 is 35.7 Å². The number of ether oxygens (including phenoxy) is 1. The van der Waals surface area contributed by atoms with E-state index in [9.17, 15) is 31.1 Å². The molecule has 0 radical (unpaired) electrons. The van der Waals surface area contributed by atoms with Gasteiger partial charge in [0.05, 0.1) is 12.0 Å². The maximum Gasteiger partial charge on any atom is 0.420 e. The van der Waals surface area contributed by atoms with Gasteiger partial charge in [-0.3, -0.25) is 4.79 Å². The third-order valence-electron chi connectivity index (χ3n) is 4.86. The summed E-state index contributed by atoms with van der Waals surface area (Å²) in [6.07, 6.45) is -9.39. The molecule has 0 aromatic heterocycles. The van der Waals surface area contributed by atoms with Gasteiger partial charge in [-0.2, -0.15) is 26.3 Å². The molecule has 1 aliphatic rings. The number of fused-ring (bicyclic) bond motifs is 1. The van der Waals surface area contributed by atoms with Crippen LogP contribution in [0.3, 0.4) is 0 Å². The fourth-order valence-corrected chi connectivity index (χ4v) is 3.48. The molecular formula is C19H16F6O2. The maximum atomic E-state index is 13.6. The van der Waals surface area contributed by atoms with Crippen LogP contribution in [-0.4, -0.2) is 18.6 Å². The topological polar surface area (TPSA) is 26.3 Å². The highest BCUT2D eigenvalue weighted by Crippen LogP contribution is 2.43. The van der Waals surface area contributed by atoms with E-state index in [2.05, 4.69) is 0 Å². The number of benzene rings is 2. The molecule has 27 heavy (non-hydrogen) atoms. The van der Waals surface area contributed by atoms with Crippen LogP contribution >= 0.6 is 0 Å². The van der Waals surface area contributed by atoms with E-state index in [1.165, 1.54) is 24.3 Å². The lowest BCUT2D eigenvalue weighted by atomic mass is 9.87. The summed E-state index contributed by atoms with van der Waals surface area (Å²) in [4.78, 5) is 10.8. The fourth-order valence-electron chi connectivity index (χ4n) is 3.48. The van der Waals surface area contributed by atoms with Crippen molar-refractivity contribution >= 4 is 17.1 Å². The van der Waals surface area contributed by atoms with Gasteiger partial charge in [-0.25, -0.2) is 0 Å². The lowest BCUT2D eigenvalue weighted by molar-refractivity contribution is -0.185. The van der Waals surface area contributed by atoms with Crippen LogP contribution in [0.1, 0.15) is 41.6 Å². The van der Waals surface area contributed by atoms with Gasteiger partial charge in [-0.1, -0.05) is 18.2 Å². The molecule has 2 nitrogen and oxygen atoms in total. The zero-order valence-electron chi connectivity index (χ0n) is 14.0. The molecule has 1 fully saturated rings. The number of hydrogen-bond donors (Lipinski definition) is 0. The van der Waals surface area contributed by atoms with E-state index in [0.29, 0.717) is 6.29 Å². The lowest BCUT2D eigenvalue weighted by Gasteiger charge is -2.31. The summed E-state index contributed by atoms with van der Waals surface area (Å²) < 4.78 is 84.6. The highest BCUT2D eigenvalue weighted by atomic mass is 19.4. The fraction of sp³-hybridized carbons (Fsp3) is 0.421. The van der Waals surface area contributed by atoms with Crippen LogP contribution in [0.25, 0.3) is 10.8 Å². The molecule has 0 bridgehead atoms. The Morgan fingerprint density at radius 2 is 1.59 bits per heavy atom. The second kappa shape index (κ2) is 7.05. The van der Waals surface area contributed by atoms with Gasteiger partial charge in [0, 0.05) is 5.56 Å². The second-order valence-corrected chi connectivity index (χ2v) is 6.67.